The molecule has 1 spiro atoms. The smallest absolute Gasteiger partial charge is 0.354 e. The molecule has 20 heavy (non-hydrogen) atoms. The number of hydrogen-bond donors (Lipinski definition) is 1. The molecule has 0 bridgehead atoms. The molecule has 1 unspecified atom stereocenters. The number of aromatic nitrogens is 1. The second kappa shape index (κ2) is 5.05. The van der Waals surface area contributed by atoms with Gasteiger partial charge in [-0.2, -0.15) is 0 Å². The molecule has 2 saturated heterocycles. The Balaban J connectivity index is 1.85. The molecule has 0 saturated carbocycles. The quantitative estimate of drug-likeness (QED) is 0.897. The van der Waals surface area contributed by atoms with Crippen LogP contribution < -0.4 is 4.90 Å². The van der Waals surface area contributed by atoms with Gasteiger partial charge >= 0.3 is 5.97 Å². The molecule has 2 aliphatic rings. The van der Waals surface area contributed by atoms with Crippen molar-refractivity contribution < 1.29 is 14.6 Å². The summed E-state index contributed by atoms with van der Waals surface area (Å²) in [7, 11) is 0. The summed E-state index contributed by atoms with van der Waals surface area (Å²) < 4.78 is 5.48. The normalized spacial score (nSPS) is 25.1. The van der Waals surface area contributed by atoms with Gasteiger partial charge in [-0.15, -0.1) is 0 Å². The van der Waals surface area contributed by atoms with Crippen molar-refractivity contribution in [3.63, 3.8) is 0 Å². The summed E-state index contributed by atoms with van der Waals surface area (Å²) in [5.74, 6) is -0.194. The van der Waals surface area contributed by atoms with Gasteiger partial charge in [-0.1, -0.05) is 6.07 Å². The molecule has 2 aliphatic heterocycles. The number of anilines is 1. The van der Waals surface area contributed by atoms with E-state index in [9.17, 15) is 4.79 Å². The summed E-state index contributed by atoms with van der Waals surface area (Å²) in [5.41, 5.74) is 0.418. The minimum atomic E-state index is -0.973. The zero-order valence-corrected chi connectivity index (χ0v) is 11.7. The van der Waals surface area contributed by atoms with Crippen molar-refractivity contribution in [1.82, 2.24) is 4.98 Å². The summed E-state index contributed by atoms with van der Waals surface area (Å²) in [6.07, 6.45) is 3.31. The number of hydrogen-bond acceptors (Lipinski definition) is 4. The van der Waals surface area contributed by atoms with E-state index in [1.807, 2.05) is 6.07 Å². The standard InChI is InChI=1S/C15H20N2O3/c1-11-15(6-9-20-10-7-15)5-8-17(11)13-4-2-3-12(16-13)14(18)19/h2-4,11H,5-10H2,1H3,(H,18,19). The Kier molecular flexibility index (Phi) is 3.38. The minimum Gasteiger partial charge on any atom is -0.477 e. The molecule has 0 aromatic carbocycles. The lowest BCUT2D eigenvalue weighted by Crippen LogP contribution is -2.41. The first-order valence-corrected chi connectivity index (χ1v) is 7.17. The number of aromatic carboxylic acids is 1. The number of ether oxygens (including phenoxy) is 1. The van der Waals surface area contributed by atoms with Crippen LogP contribution in [0.15, 0.2) is 18.2 Å². The van der Waals surface area contributed by atoms with Crippen molar-refractivity contribution in [1.29, 1.82) is 0 Å². The maximum Gasteiger partial charge on any atom is 0.354 e. The molecule has 108 valence electrons. The van der Waals surface area contributed by atoms with Crippen LogP contribution >= 0.6 is 0 Å². The van der Waals surface area contributed by atoms with Crippen molar-refractivity contribution in [2.24, 2.45) is 5.41 Å². The second-order valence-electron chi connectivity index (χ2n) is 5.78. The van der Waals surface area contributed by atoms with Gasteiger partial charge < -0.3 is 14.7 Å². The van der Waals surface area contributed by atoms with Crippen LogP contribution in [0.1, 0.15) is 36.7 Å². The molecule has 0 radical (unpaired) electrons. The van der Waals surface area contributed by atoms with Crippen molar-refractivity contribution >= 4 is 11.8 Å². The van der Waals surface area contributed by atoms with Crippen molar-refractivity contribution in [3.05, 3.63) is 23.9 Å². The van der Waals surface area contributed by atoms with E-state index in [1.165, 1.54) is 6.07 Å². The van der Waals surface area contributed by atoms with E-state index in [2.05, 4.69) is 16.8 Å². The first-order valence-electron chi connectivity index (χ1n) is 7.17. The highest BCUT2D eigenvalue weighted by molar-refractivity contribution is 5.85. The Morgan fingerprint density at radius 2 is 2.15 bits per heavy atom. The molecule has 2 fully saturated rings. The van der Waals surface area contributed by atoms with Gasteiger partial charge in [0.2, 0.25) is 0 Å². The van der Waals surface area contributed by atoms with Crippen LogP contribution in [0.25, 0.3) is 0 Å². The maximum atomic E-state index is 11.0. The molecule has 5 heteroatoms. The van der Waals surface area contributed by atoms with Gasteiger partial charge in [0.05, 0.1) is 0 Å². The predicted octanol–water partition coefficient (Wildman–Crippen LogP) is 2.18. The lowest BCUT2D eigenvalue weighted by atomic mass is 9.74. The first kappa shape index (κ1) is 13.4. The van der Waals surface area contributed by atoms with Crippen LogP contribution in [0.4, 0.5) is 5.82 Å². The fourth-order valence-electron chi connectivity index (χ4n) is 3.54. The lowest BCUT2D eigenvalue weighted by Gasteiger charge is -2.39. The zero-order chi connectivity index (χ0) is 14.2. The Labute approximate surface area is 118 Å². The first-order chi connectivity index (χ1) is 9.62. The van der Waals surface area contributed by atoms with Gasteiger partial charge in [0, 0.05) is 25.8 Å². The minimum absolute atomic E-state index is 0.114. The van der Waals surface area contributed by atoms with Gasteiger partial charge in [-0.3, -0.25) is 0 Å². The van der Waals surface area contributed by atoms with E-state index >= 15 is 0 Å². The van der Waals surface area contributed by atoms with Crippen LogP contribution in [0.5, 0.6) is 0 Å². The second-order valence-corrected chi connectivity index (χ2v) is 5.78. The summed E-state index contributed by atoms with van der Waals surface area (Å²) in [6.45, 7) is 4.84. The molecule has 3 rings (SSSR count). The number of carboxylic acid groups (broad SMARTS) is 1. The highest BCUT2D eigenvalue weighted by Gasteiger charge is 2.45. The highest BCUT2D eigenvalue weighted by Crippen LogP contribution is 2.45. The number of nitrogens with zero attached hydrogens (tertiary/aromatic N) is 2. The van der Waals surface area contributed by atoms with E-state index in [4.69, 9.17) is 9.84 Å². The van der Waals surface area contributed by atoms with Crippen LogP contribution in [0.3, 0.4) is 0 Å². The SMILES string of the molecule is CC1N(c2cccc(C(=O)O)n2)CCC12CCOCC2. The third kappa shape index (κ3) is 2.16. The Hall–Kier alpha value is -1.62. The molecule has 0 aliphatic carbocycles. The molecule has 3 heterocycles. The van der Waals surface area contributed by atoms with Gasteiger partial charge in [0.25, 0.3) is 0 Å². The lowest BCUT2D eigenvalue weighted by molar-refractivity contribution is 0.0128. The topological polar surface area (TPSA) is 62.7 Å². The van der Waals surface area contributed by atoms with E-state index in [0.717, 1.165) is 44.8 Å². The molecular weight excluding hydrogens is 256 g/mol. The molecule has 5 nitrogen and oxygen atoms in total. The fourth-order valence-corrected chi connectivity index (χ4v) is 3.54. The number of carbonyl (C=O) groups is 1. The molecule has 1 aromatic rings. The Morgan fingerprint density at radius 3 is 2.85 bits per heavy atom. The Bertz CT molecular complexity index is 512. The van der Waals surface area contributed by atoms with Gasteiger partial charge in [-0.05, 0) is 43.7 Å². The van der Waals surface area contributed by atoms with Crippen LogP contribution in [0, 0.1) is 5.41 Å². The van der Waals surface area contributed by atoms with Gasteiger partial charge in [-0.25, -0.2) is 9.78 Å². The summed E-state index contributed by atoms with van der Waals surface area (Å²) in [4.78, 5) is 17.6. The van der Waals surface area contributed by atoms with Crippen molar-refractivity contribution in [3.8, 4) is 0 Å². The Morgan fingerprint density at radius 1 is 1.40 bits per heavy atom. The summed E-state index contributed by atoms with van der Waals surface area (Å²) in [5, 5.41) is 9.06. The van der Waals surface area contributed by atoms with Crippen LogP contribution in [-0.2, 0) is 4.74 Å². The summed E-state index contributed by atoms with van der Waals surface area (Å²) in [6, 6.07) is 5.59. The average Bonchev–Trinajstić information content (AvgIpc) is 2.77. The van der Waals surface area contributed by atoms with Crippen molar-refractivity contribution in [2.45, 2.75) is 32.2 Å². The maximum absolute atomic E-state index is 11.0. The van der Waals surface area contributed by atoms with Crippen molar-refractivity contribution in [2.75, 3.05) is 24.7 Å². The molecule has 1 N–H and O–H groups in total. The number of rotatable bonds is 2. The monoisotopic (exact) mass is 276 g/mol. The average molecular weight is 276 g/mol. The van der Waals surface area contributed by atoms with E-state index in [0.29, 0.717) is 11.5 Å². The van der Waals surface area contributed by atoms with E-state index in [1.54, 1.807) is 6.07 Å². The van der Waals surface area contributed by atoms with Crippen LogP contribution in [-0.4, -0.2) is 41.9 Å². The molecular formula is C15H20N2O3. The molecule has 0 amide bonds. The highest BCUT2D eigenvalue weighted by atomic mass is 16.5. The number of carboxylic acids is 1. The molecule has 1 aromatic heterocycles. The molecule has 1 atom stereocenters. The largest absolute Gasteiger partial charge is 0.477 e. The van der Waals surface area contributed by atoms with Gasteiger partial charge in [0.1, 0.15) is 5.82 Å². The number of pyridine rings is 1. The van der Waals surface area contributed by atoms with E-state index < -0.39 is 5.97 Å². The third-order valence-electron chi connectivity index (χ3n) is 4.94. The van der Waals surface area contributed by atoms with E-state index in [-0.39, 0.29) is 5.69 Å². The zero-order valence-electron chi connectivity index (χ0n) is 11.7. The predicted molar refractivity (Wildman–Crippen MR) is 75.1 cm³/mol. The fraction of sp³-hybridized carbons (Fsp3) is 0.600. The van der Waals surface area contributed by atoms with Gasteiger partial charge in [0.15, 0.2) is 5.69 Å². The third-order valence-corrected chi connectivity index (χ3v) is 4.94. The van der Waals surface area contributed by atoms with Crippen LogP contribution in [0.2, 0.25) is 0 Å². The summed E-state index contributed by atoms with van der Waals surface area (Å²) >= 11 is 0.